The van der Waals surface area contributed by atoms with Crippen LogP contribution in [0.1, 0.15) is 12.0 Å². The second-order valence-electron chi connectivity index (χ2n) is 5.11. The Morgan fingerprint density at radius 1 is 1.45 bits per heavy atom. The van der Waals surface area contributed by atoms with Crippen LogP contribution in [0.5, 0.6) is 5.75 Å². The van der Waals surface area contributed by atoms with Gasteiger partial charge in [-0.3, -0.25) is 4.90 Å². The van der Waals surface area contributed by atoms with Gasteiger partial charge in [-0.1, -0.05) is 23.1 Å². The van der Waals surface area contributed by atoms with Gasteiger partial charge in [-0.15, -0.1) is 0 Å². The third-order valence-corrected chi connectivity index (χ3v) is 3.75. The molecule has 2 bridgehead atoms. The molecule has 0 aliphatic carbocycles. The summed E-state index contributed by atoms with van der Waals surface area (Å²) in [5.41, 5.74) is 2.10. The molecule has 4 heteroatoms. The first-order valence-electron chi connectivity index (χ1n) is 6.89. The first kappa shape index (κ1) is 13.0. The average molecular weight is 270 g/mol. The third kappa shape index (κ3) is 2.94. The highest BCUT2D eigenvalue weighted by Crippen LogP contribution is 2.25. The van der Waals surface area contributed by atoms with Crippen molar-refractivity contribution in [3.63, 3.8) is 0 Å². The molecule has 0 saturated carbocycles. The highest BCUT2D eigenvalue weighted by molar-refractivity contribution is 5.91. The molecule has 2 atom stereocenters. The normalized spacial score (nSPS) is 25.4. The van der Waals surface area contributed by atoms with Gasteiger partial charge in [0.25, 0.3) is 0 Å². The van der Waals surface area contributed by atoms with Crippen molar-refractivity contribution in [1.29, 1.82) is 0 Å². The molecule has 2 saturated heterocycles. The molecular weight excluding hydrogens is 252 g/mol. The number of hydrogen-bond donors (Lipinski definition) is 0. The number of rotatable bonds is 3. The molecule has 0 amide bonds. The van der Waals surface area contributed by atoms with Crippen LogP contribution in [0.25, 0.3) is 0 Å². The number of fused-ring (bicyclic) bond motifs is 2. The van der Waals surface area contributed by atoms with Gasteiger partial charge in [0.1, 0.15) is 5.75 Å². The minimum atomic E-state index is 0.327. The monoisotopic (exact) mass is 270 g/mol. The molecule has 2 aliphatic rings. The van der Waals surface area contributed by atoms with E-state index in [9.17, 15) is 0 Å². The van der Waals surface area contributed by atoms with Crippen molar-refractivity contribution in [2.24, 2.45) is 11.1 Å². The highest BCUT2D eigenvalue weighted by Gasteiger charge is 2.35. The van der Waals surface area contributed by atoms with Crippen LogP contribution in [-0.4, -0.2) is 44.0 Å². The Morgan fingerprint density at radius 3 is 3.15 bits per heavy atom. The molecular formula is C16H18N2O2. The fraction of sp³-hybridized carbons (Fsp3) is 0.438. The molecule has 104 valence electrons. The van der Waals surface area contributed by atoms with Gasteiger partial charge >= 0.3 is 0 Å². The third-order valence-electron chi connectivity index (χ3n) is 3.75. The van der Waals surface area contributed by atoms with E-state index in [0.717, 1.165) is 24.4 Å². The SMILES string of the molecule is COc1cccc(C#CCON=C2CN3CCC2C3)c1. The number of piperidine rings is 1. The first-order valence-corrected chi connectivity index (χ1v) is 6.89. The van der Waals surface area contributed by atoms with Gasteiger partial charge in [-0.2, -0.15) is 0 Å². The summed E-state index contributed by atoms with van der Waals surface area (Å²) in [5.74, 6) is 7.44. The lowest BCUT2D eigenvalue weighted by Gasteiger charge is -2.12. The van der Waals surface area contributed by atoms with E-state index in [-0.39, 0.29) is 0 Å². The van der Waals surface area contributed by atoms with Gasteiger partial charge in [0.15, 0.2) is 6.61 Å². The van der Waals surface area contributed by atoms with Gasteiger partial charge in [0.05, 0.1) is 12.8 Å². The summed E-state index contributed by atoms with van der Waals surface area (Å²) >= 11 is 0. The molecule has 0 aromatic heterocycles. The van der Waals surface area contributed by atoms with Crippen molar-refractivity contribution in [3.8, 4) is 17.6 Å². The van der Waals surface area contributed by atoms with Gasteiger partial charge in [-0.05, 0) is 31.2 Å². The van der Waals surface area contributed by atoms with Crippen LogP contribution >= 0.6 is 0 Å². The Hall–Kier alpha value is -1.99. The summed E-state index contributed by atoms with van der Waals surface area (Å²) < 4.78 is 5.15. The summed E-state index contributed by atoms with van der Waals surface area (Å²) in [6.45, 7) is 3.65. The highest BCUT2D eigenvalue weighted by atomic mass is 16.6. The number of ether oxygens (including phenoxy) is 1. The summed E-state index contributed by atoms with van der Waals surface area (Å²) in [4.78, 5) is 7.72. The lowest BCUT2D eigenvalue weighted by atomic mass is 10.0. The topological polar surface area (TPSA) is 34.1 Å². The van der Waals surface area contributed by atoms with Crippen molar-refractivity contribution in [1.82, 2.24) is 4.90 Å². The standard InChI is InChI=1S/C16H18N2O2/c1-19-15-6-2-4-13(10-15)5-3-9-20-17-16-12-18-8-7-14(16)11-18/h2,4,6,10,14H,7-9,11-12H2,1H3. The maximum absolute atomic E-state index is 5.30. The van der Waals surface area contributed by atoms with Crippen molar-refractivity contribution in [2.45, 2.75) is 6.42 Å². The van der Waals surface area contributed by atoms with Crippen LogP contribution in [0, 0.1) is 17.8 Å². The van der Waals surface area contributed by atoms with Crippen LogP contribution < -0.4 is 4.74 Å². The fourth-order valence-corrected chi connectivity index (χ4v) is 2.70. The molecule has 1 aromatic carbocycles. The zero-order valence-corrected chi connectivity index (χ0v) is 11.6. The van der Waals surface area contributed by atoms with Gasteiger partial charge in [0, 0.05) is 24.6 Å². The summed E-state index contributed by atoms with van der Waals surface area (Å²) in [6, 6.07) is 7.68. The second-order valence-corrected chi connectivity index (χ2v) is 5.11. The quantitative estimate of drug-likeness (QED) is 0.477. The van der Waals surface area contributed by atoms with E-state index in [2.05, 4.69) is 21.9 Å². The van der Waals surface area contributed by atoms with Crippen LogP contribution in [0.2, 0.25) is 0 Å². The lowest BCUT2D eigenvalue weighted by molar-refractivity contribution is 0.177. The largest absolute Gasteiger partial charge is 0.497 e. The van der Waals surface area contributed by atoms with Crippen molar-refractivity contribution in [3.05, 3.63) is 29.8 Å². The summed E-state index contributed by atoms with van der Waals surface area (Å²) in [6.07, 6.45) is 1.22. The molecule has 4 nitrogen and oxygen atoms in total. The molecule has 0 spiro atoms. The van der Waals surface area contributed by atoms with Crippen LogP contribution in [-0.2, 0) is 4.84 Å². The molecule has 2 heterocycles. The van der Waals surface area contributed by atoms with Gasteiger partial charge in [-0.25, -0.2) is 0 Å². The molecule has 1 aromatic rings. The number of methoxy groups -OCH3 is 1. The molecule has 0 radical (unpaired) electrons. The second kappa shape index (κ2) is 5.98. The minimum Gasteiger partial charge on any atom is -0.497 e. The number of nitrogens with zero attached hydrogens (tertiary/aromatic N) is 2. The fourth-order valence-electron chi connectivity index (χ4n) is 2.70. The Morgan fingerprint density at radius 2 is 2.40 bits per heavy atom. The molecule has 3 rings (SSSR count). The number of hydrogen-bond acceptors (Lipinski definition) is 4. The van der Waals surface area contributed by atoms with Crippen LogP contribution in [0.15, 0.2) is 29.4 Å². The molecule has 20 heavy (non-hydrogen) atoms. The first-order chi connectivity index (χ1) is 9.85. The minimum absolute atomic E-state index is 0.327. The average Bonchev–Trinajstić information content (AvgIpc) is 3.10. The zero-order valence-electron chi connectivity index (χ0n) is 11.6. The maximum Gasteiger partial charge on any atom is 0.177 e. The van der Waals surface area contributed by atoms with Gasteiger partial charge in [0.2, 0.25) is 0 Å². The zero-order chi connectivity index (χ0) is 13.8. The number of oxime groups is 1. The molecule has 2 fully saturated rings. The van der Waals surface area contributed by atoms with Gasteiger partial charge < -0.3 is 9.57 Å². The summed E-state index contributed by atoms with van der Waals surface area (Å²) in [7, 11) is 1.65. The van der Waals surface area contributed by atoms with Crippen molar-refractivity contribution in [2.75, 3.05) is 33.4 Å². The Labute approximate surface area is 119 Å². The molecule has 0 N–H and O–H groups in total. The van der Waals surface area contributed by atoms with E-state index in [1.165, 1.54) is 18.7 Å². The Balaban J connectivity index is 1.50. The van der Waals surface area contributed by atoms with Crippen LogP contribution in [0.4, 0.5) is 0 Å². The Kier molecular flexibility index (Phi) is 3.89. The lowest BCUT2D eigenvalue weighted by Crippen LogP contribution is -2.23. The maximum atomic E-state index is 5.30. The van der Waals surface area contributed by atoms with E-state index < -0.39 is 0 Å². The number of benzene rings is 1. The van der Waals surface area contributed by atoms with Crippen molar-refractivity contribution < 1.29 is 9.57 Å². The molecule has 2 unspecified atom stereocenters. The van der Waals surface area contributed by atoms with E-state index in [1.54, 1.807) is 7.11 Å². The van der Waals surface area contributed by atoms with E-state index in [0.29, 0.717) is 12.5 Å². The summed E-state index contributed by atoms with van der Waals surface area (Å²) in [5, 5.41) is 4.22. The van der Waals surface area contributed by atoms with E-state index in [1.807, 2.05) is 24.3 Å². The molecule has 2 aliphatic heterocycles. The smallest absolute Gasteiger partial charge is 0.177 e. The van der Waals surface area contributed by atoms with E-state index in [4.69, 9.17) is 9.57 Å². The predicted molar refractivity (Wildman–Crippen MR) is 77.8 cm³/mol. The Bertz CT molecular complexity index is 571. The van der Waals surface area contributed by atoms with Crippen LogP contribution in [0.3, 0.4) is 0 Å². The van der Waals surface area contributed by atoms with E-state index >= 15 is 0 Å². The predicted octanol–water partition coefficient (Wildman–Crippen LogP) is 1.75. The van der Waals surface area contributed by atoms with Crippen molar-refractivity contribution >= 4 is 5.71 Å².